The van der Waals surface area contributed by atoms with Gasteiger partial charge in [-0.3, -0.25) is 4.90 Å². The van der Waals surface area contributed by atoms with Crippen LogP contribution in [0.2, 0.25) is 0 Å². The van der Waals surface area contributed by atoms with E-state index in [4.69, 9.17) is 9.84 Å². The van der Waals surface area contributed by atoms with Gasteiger partial charge in [0, 0.05) is 31.8 Å². The van der Waals surface area contributed by atoms with Gasteiger partial charge in [0.15, 0.2) is 0 Å². The van der Waals surface area contributed by atoms with Crippen LogP contribution < -0.4 is 5.32 Å². The van der Waals surface area contributed by atoms with Gasteiger partial charge in [-0.05, 0) is 39.5 Å². The summed E-state index contributed by atoms with van der Waals surface area (Å²) in [6, 6.07) is 0.578. The van der Waals surface area contributed by atoms with Crippen LogP contribution in [0.4, 0.5) is 4.79 Å². The van der Waals surface area contributed by atoms with E-state index in [9.17, 15) is 4.79 Å². The van der Waals surface area contributed by atoms with Crippen LogP contribution in [-0.4, -0.2) is 54.5 Å². The number of hydrogen-bond donors (Lipinski definition) is 2. The van der Waals surface area contributed by atoms with Crippen molar-refractivity contribution in [1.29, 1.82) is 0 Å². The molecule has 5 nitrogen and oxygen atoms in total. The summed E-state index contributed by atoms with van der Waals surface area (Å²) >= 11 is 0. The molecule has 1 amide bonds. The Bertz CT molecular complexity index is 259. The molecule has 1 aliphatic rings. The molecule has 2 unspecified atom stereocenters. The quantitative estimate of drug-likeness (QED) is 0.778. The first-order valence-corrected chi connectivity index (χ1v) is 6.85. The van der Waals surface area contributed by atoms with Gasteiger partial charge in [0.05, 0.1) is 6.61 Å². The normalized spacial score (nSPS) is 25.2. The molecule has 0 bridgehead atoms. The van der Waals surface area contributed by atoms with Crippen molar-refractivity contribution in [3.8, 4) is 0 Å². The van der Waals surface area contributed by atoms with Crippen LogP contribution >= 0.6 is 0 Å². The lowest BCUT2D eigenvalue weighted by Crippen LogP contribution is -2.52. The average Bonchev–Trinajstić information content (AvgIpc) is 2.29. The number of nitrogens with one attached hydrogen (secondary N) is 1. The number of aliphatic hydroxyl groups excluding tert-OH is 1. The molecule has 1 heterocycles. The maximum Gasteiger partial charge on any atom is 0.407 e. The Morgan fingerprint density at radius 2 is 2.22 bits per heavy atom. The molecule has 0 aromatic heterocycles. The molecule has 106 valence electrons. The Morgan fingerprint density at radius 3 is 2.78 bits per heavy atom. The van der Waals surface area contributed by atoms with Gasteiger partial charge in [-0.25, -0.2) is 4.79 Å². The summed E-state index contributed by atoms with van der Waals surface area (Å²) in [4.78, 5) is 13.8. The van der Waals surface area contributed by atoms with Crippen molar-refractivity contribution in [2.75, 3.05) is 26.3 Å². The molecule has 1 aliphatic heterocycles. The Hall–Kier alpha value is -0.810. The highest BCUT2D eigenvalue weighted by molar-refractivity contribution is 5.67. The zero-order valence-electron chi connectivity index (χ0n) is 11.7. The number of rotatable bonds is 5. The number of alkyl carbamates (subject to hydrolysis) is 1. The Morgan fingerprint density at radius 1 is 1.50 bits per heavy atom. The Kier molecular flexibility index (Phi) is 6.43. The lowest BCUT2D eigenvalue weighted by molar-refractivity contribution is 0.0888. The van der Waals surface area contributed by atoms with E-state index in [0.29, 0.717) is 18.6 Å². The summed E-state index contributed by atoms with van der Waals surface area (Å²) < 4.78 is 4.92. The number of ether oxygens (including phenoxy) is 1. The lowest BCUT2D eigenvalue weighted by Gasteiger charge is -2.40. The third kappa shape index (κ3) is 4.82. The van der Waals surface area contributed by atoms with Crippen molar-refractivity contribution in [3.63, 3.8) is 0 Å². The van der Waals surface area contributed by atoms with E-state index >= 15 is 0 Å². The van der Waals surface area contributed by atoms with E-state index in [1.807, 2.05) is 0 Å². The molecule has 0 aromatic carbocycles. The minimum atomic E-state index is -0.337. The van der Waals surface area contributed by atoms with Crippen LogP contribution in [0.15, 0.2) is 0 Å². The van der Waals surface area contributed by atoms with E-state index in [1.165, 1.54) is 0 Å². The molecule has 0 aromatic rings. The third-order valence-electron chi connectivity index (χ3n) is 3.43. The van der Waals surface area contributed by atoms with Gasteiger partial charge in [0.25, 0.3) is 0 Å². The van der Waals surface area contributed by atoms with Crippen molar-refractivity contribution in [2.45, 2.75) is 45.7 Å². The van der Waals surface area contributed by atoms with Crippen molar-refractivity contribution in [3.05, 3.63) is 0 Å². The number of piperidine rings is 1. The fourth-order valence-electron chi connectivity index (χ4n) is 2.50. The van der Waals surface area contributed by atoms with Crippen LogP contribution in [0.25, 0.3) is 0 Å². The van der Waals surface area contributed by atoms with Crippen LogP contribution in [0.5, 0.6) is 0 Å². The molecule has 0 radical (unpaired) electrons. The van der Waals surface area contributed by atoms with Crippen molar-refractivity contribution >= 4 is 6.09 Å². The molecule has 18 heavy (non-hydrogen) atoms. The largest absolute Gasteiger partial charge is 0.450 e. The van der Waals surface area contributed by atoms with Crippen molar-refractivity contribution < 1.29 is 14.6 Å². The fourth-order valence-corrected chi connectivity index (χ4v) is 2.50. The topological polar surface area (TPSA) is 61.8 Å². The van der Waals surface area contributed by atoms with E-state index in [0.717, 1.165) is 25.9 Å². The average molecular weight is 258 g/mol. The number of likely N-dealkylation sites (tertiary alicyclic amines) is 1. The molecular formula is C13H26N2O3. The fraction of sp³-hybridized carbons (Fsp3) is 0.923. The number of nitrogens with zero attached hydrogens (tertiary/aromatic N) is 1. The van der Waals surface area contributed by atoms with E-state index < -0.39 is 0 Å². The molecule has 0 aliphatic carbocycles. The molecule has 2 N–H and O–H groups in total. The molecule has 5 heteroatoms. The summed E-state index contributed by atoms with van der Waals surface area (Å²) in [6.45, 7) is 8.58. The number of carbonyl (C=O) groups excluding carboxylic acids is 1. The summed E-state index contributed by atoms with van der Waals surface area (Å²) in [5.41, 5.74) is 0. The first-order valence-electron chi connectivity index (χ1n) is 6.85. The van der Waals surface area contributed by atoms with Crippen LogP contribution in [-0.2, 0) is 4.74 Å². The predicted molar refractivity (Wildman–Crippen MR) is 70.5 cm³/mol. The maximum absolute atomic E-state index is 11.5. The molecule has 1 rings (SSSR count). The van der Waals surface area contributed by atoms with Gasteiger partial charge < -0.3 is 15.2 Å². The summed E-state index contributed by atoms with van der Waals surface area (Å²) in [6.07, 6.45) is 1.38. The highest BCUT2D eigenvalue weighted by Gasteiger charge is 2.29. The Labute approximate surface area is 109 Å². The lowest BCUT2D eigenvalue weighted by atomic mass is 9.91. The zero-order valence-corrected chi connectivity index (χ0v) is 11.7. The molecule has 2 atom stereocenters. The molecule has 1 fully saturated rings. The van der Waals surface area contributed by atoms with E-state index in [-0.39, 0.29) is 18.7 Å². The number of hydrogen-bond acceptors (Lipinski definition) is 4. The van der Waals surface area contributed by atoms with Crippen LogP contribution in [0.3, 0.4) is 0 Å². The SMILES string of the molecule is CCOC(=O)NC1CC(CCO)CN(C(C)C)C1. The molecule has 0 saturated carbocycles. The molecule has 0 spiro atoms. The van der Waals surface area contributed by atoms with E-state index in [1.54, 1.807) is 6.92 Å². The van der Waals surface area contributed by atoms with Crippen molar-refractivity contribution in [2.24, 2.45) is 5.92 Å². The number of carbonyl (C=O) groups is 1. The highest BCUT2D eigenvalue weighted by Crippen LogP contribution is 2.21. The second-order valence-corrected chi connectivity index (χ2v) is 5.22. The van der Waals surface area contributed by atoms with Gasteiger partial charge in [0.2, 0.25) is 0 Å². The smallest absolute Gasteiger partial charge is 0.407 e. The monoisotopic (exact) mass is 258 g/mol. The minimum Gasteiger partial charge on any atom is -0.450 e. The van der Waals surface area contributed by atoms with Gasteiger partial charge in [0.1, 0.15) is 0 Å². The first-order chi connectivity index (χ1) is 8.56. The standard InChI is InChI=1S/C13H26N2O3/c1-4-18-13(17)14-12-7-11(5-6-16)8-15(9-12)10(2)3/h10-12,16H,4-9H2,1-3H3,(H,14,17). The number of amides is 1. The third-order valence-corrected chi connectivity index (χ3v) is 3.43. The van der Waals surface area contributed by atoms with Gasteiger partial charge in [-0.15, -0.1) is 0 Å². The highest BCUT2D eigenvalue weighted by atomic mass is 16.5. The van der Waals surface area contributed by atoms with E-state index in [2.05, 4.69) is 24.1 Å². The Balaban J connectivity index is 2.52. The predicted octanol–water partition coefficient (Wildman–Crippen LogP) is 1.21. The second kappa shape index (κ2) is 7.59. The van der Waals surface area contributed by atoms with Gasteiger partial charge >= 0.3 is 6.09 Å². The van der Waals surface area contributed by atoms with Crippen LogP contribution in [0.1, 0.15) is 33.6 Å². The van der Waals surface area contributed by atoms with Crippen molar-refractivity contribution in [1.82, 2.24) is 10.2 Å². The minimum absolute atomic E-state index is 0.122. The summed E-state index contributed by atoms with van der Waals surface area (Å²) in [5, 5.41) is 12.0. The van der Waals surface area contributed by atoms with Gasteiger partial charge in [-0.2, -0.15) is 0 Å². The van der Waals surface area contributed by atoms with Crippen LogP contribution in [0, 0.1) is 5.92 Å². The summed E-state index contributed by atoms with van der Waals surface area (Å²) in [5.74, 6) is 0.443. The molecular weight excluding hydrogens is 232 g/mol. The first kappa shape index (κ1) is 15.2. The zero-order chi connectivity index (χ0) is 13.5. The summed E-state index contributed by atoms with van der Waals surface area (Å²) in [7, 11) is 0. The second-order valence-electron chi connectivity index (χ2n) is 5.22. The molecule has 1 saturated heterocycles. The number of aliphatic hydroxyl groups is 1. The van der Waals surface area contributed by atoms with Gasteiger partial charge in [-0.1, -0.05) is 0 Å². The maximum atomic E-state index is 11.5.